The van der Waals surface area contributed by atoms with E-state index < -0.39 is 32.0 Å². The van der Waals surface area contributed by atoms with Crippen LogP contribution in [0.15, 0.2) is 243 Å². The number of rotatable bonds is 16. The van der Waals surface area contributed by atoms with Gasteiger partial charge in [-0.25, -0.2) is 4.44 Å². The Morgan fingerprint density at radius 3 is 0.887 bits per heavy atom. The summed E-state index contributed by atoms with van der Waals surface area (Å²) in [4.78, 5) is 0. The van der Waals surface area contributed by atoms with Crippen molar-refractivity contribution in [1.82, 2.24) is 4.44 Å². The van der Waals surface area contributed by atoms with Crippen molar-refractivity contribution in [3.05, 3.63) is 243 Å². The third-order valence-electron chi connectivity index (χ3n) is 12.1. The molecule has 1 fully saturated rings. The van der Waals surface area contributed by atoms with Gasteiger partial charge in [0.05, 0.1) is 0 Å². The van der Waals surface area contributed by atoms with Crippen LogP contribution in [0, 0.1) is 5.92 Å². The van der Waals surface area contributed by atoms with Gasteiger partial charge in [0.1, 0.15) is 0 Å². The van der Waals surface area contributed by atoms with E-state index in [1.807, 2.05) is 0 Å². The predicted molar refractivity (Wildman–Crippen MR) is 277 cm³/mol. The van der Waals surface area contributed by atoms with Crippen molar-refractivity contribution in [2.24, 2.45) is 5.92 Å². The molecule has 5 heteroatoms. The van der Waals surface area contributed by atoms with E-state index in [1.54, 1.807) is 0 Å². The smallest absolute Gasteiger partial charge is 0.0325 e. The van der Waals surface area contributed by atoms with Gasteiger partial charge in [-0.15, -0.1) is 0 Å². The minimum atomic E-state index is -0.876. The van der Waals surface area contributed by atoms with Gasteiger partial charge in [0, 0.05) is 27.6 Å². The Labute approximate surface area is 375 Å². The molecule has 308 valence electrons. The van der Waals surface area contributed by atoms with Crippen molar-refractivity contribution in [3.8, 4) is 0 Å². The van der Waals surface area contributed by atoms with E-state index in [4.69, 9.17) is 0 Å². The largest absolute Gasteiger partial charge is 0.241 e. The summed E-state index contributed by atoms with van der Waals surface area (Å²) in [5.41, 5.74) is 0. The van der Waals surface area contributed by atoms with Crippen LogP contribution in [-0.4, -0.2) is 15.9 Å². The maximum absolute atomic E-state index is 3.12. The van der Waals surface area contributed by atoms with E-state index in [0.29, 0.717) is 17.4 Å². The molecule has 0 amide bonds. The summed E-state index contributed by atoms with van der Waals surface area (Å²) in [5, 5.41) is 12.1. The molecule has 1 aliphatic rings. The molecule has 0 aliphatic heterocycles. The van der Waals surface area contributed by atoms with Crippen molar-refractivity contribution in [3.63, 3.8) is 0 Å². The van der Waals surface area contributed by atoms with Crippen LogP contribution in [-0.2, 0) is 0 Å². The zero-order valence-electron chi connectivity index (χ0n) is 35.3. The average molecular weight is 878 g/mol. The molecule has 9 rings (SSSR count). The van der Waals surface area contributed by atoms with Gasteiger partial charge < -0.3 is 0 Å². The van der Waals surface area contributed by atoms with Crippen LogP contribution in [0.1, 0.15) is 38.5 Å². The lowest BCUT2D eigenvalue weighted by Gasteiger charge is -2.48. The highest BCUT2D eigenvalue weighted by molar-refractivity contribution is 7.89. The Morgan fingerprint density at radius 2 is 0.597 bits per heavy atom. The van der Waals surface area contributed by atoms with Gasteiger partial charge in [-0.05, 0) is 89.9 Å². The Bertz CT molecular complexity index is 2170. The van der Waals surface area contributed by atoms with Crippen LogP contribution in [0.5, 0.6) is 0 Å². The fraction of sp³-hybridized carbons (Fsp3) is 0.158. The van der Waals surface area contributed by atoms with Gasteiger partial charge in [-0.1, -0.05) is 255 Å². The lowest BCUT2D eigenvalue weighted by Crippen LogP contribution is -2.43. The lowest BCUT2D eigenvalue weighted by atomic mass is 9.82. The molecule has 2 atom stereocenters. The van der Waals surface area contributed by atoms with Crippen molar-refractivity contribution in [2.75, 3.05) is 0 Å². The summed E-state index contributed by atoms with van der Waals surface area (Å²) in [6.07, 6.45) is 7.40. The number of hydrogen-bond acceptors (Lipinski definition) is 1. The number of nitrogens with zero attached hydrogens (tertiary/aromatic N) is 1. The molecular weight excluding hydrogens is 823 g/mol. The number of hydrogen-bond donors (Lipinski definition) is 0. The van der Waals surface area contributed by atoms with E-state index in [2.05, 4.69) is 247 Å². The first kappa shape index (κ1) is 42.7. The Balaban J connectivity index is 1.20. The summed E-state index contributed by atoms with van der Waals surface area (Å²) in [7, 11) is -3.16. The van der Waals surface area contributed by atoms with Crippen molar-refractivity contribution in [2.45, 2.75) is 50.0 Å². The molecule has 8 aromatic carbocycles. The molecule has 0 bridgehead atoms. The minimum Gasteiger partial charge on any atom is -0.241 e. The van der Waals surface area contributed by atoms with Crippen LogP contribution >= 0.6 is 32.0 Å². The van der Waals surface area contributed by atoms with E-state index in [0.717, 1.165) is 0 Å². The molecule has 0 heterocycles. The molecule has 2 unspecified atom stereocenters. The highest BCUT2D eigenvalue weighted by Gasteiger charge is 2.42. The molecule has 1 aliphatic carbocycles. The van der Waals surface area contributed by atoms with Crippen molar-refractivity contribution in [1.29, 1.82) is 0 Å². The van der Waals surface area contributed by atoms with Crippen molar-refractivity contribution < 1.29 is 0 Å². The third-order valence-corrected chi connectivity index (χ3v) is 24.3. The normalized spacial score (nSPS) is 15.5. The van der Waals surface area contributed by atoms with Gasteiger partial charge in [0.25, 0.3) is 0 Å². The van der Waals surface area contributed by atoms with Crippen LogP contribution < -0.4 is 42.4 Å². The second-order valence-electron chi connectivity index (χ2n) is 16.0. The highest BCUT2D eigenvalue weighted by Crippen LogP contribution is 2.61. The molecule has 0 spiro atoms. The van der Waals surface area contributed by atoms with E-state index in [1.165, 1.54) is 81.0 Å². The molecule has 0 radical (unpaired) electrons. The van der Waals surface area contributed by atoms with Crippen molar-refractivity contribution >= 4 is 74.4 Å². The van der Waals surface area contributed by atoms with Crippen LogP contribution in [0.2, 0.25) is 0 Å². The summed E-state index contributed by atoms with van der Waals surface area (Å²) < 4.78 is 3.12. The summed E-state index contributed by atoms with van der Waals surface area (Å²) in [6, 6.07) is 92.6. The SMILES string of the molecule is c1ccc(P(c2ccccc2)C(CCC2CCCCC2N(P(c2ccccc2)c2ccccc2)P(c2ccccc2)c2ccccc2)P(c2ccccc2)c2ccccc2)cc1. The molecule has 1 saturated carbocycles. The zero-order valence-corrected chi connectivity index (χ0v) is 38.9. The quantitative estimate of drug-likeness (QED) is 0.0874. The molecular formula is C57H55NP4. The lowest BCUT2D eigenvalue weighted by molar-refractivity contribution is 0.230. The monoisotopic (exact) mass is 877 g/mol. The first-order valence-electron chi connectivity index (χ1n) is 22.2. The second-order valence-corrected chi connectivity index (χ2v) is 25.7. The standard InChI is InChI=1S/C57H55NP4/c1-9-28-48(29-10-1)59(49-30-11-2-12-31-49)57(60(50-32-13-3-14-33-50)51-34-15-4-16-35-51)46-45-47-27-25-26-44-56(47)58(61(52-36-17-5-18-37-52)53-38-19-6-20-39-53)62(54-40-21-7-22-41-54)55-42-23-8-24-43-55/h1-24,28-43,47,56-57H,25-27,44-46H2. The maximum atomic E-state index is 3.12. The summed E-state index contributed by atoms with van der Waals surface area (Å²) >= 11 is 0. The van der Waals surface area contributed by atoms with Crippen LogP contribution in [0.25, 0.3) is 0 Å². The highest BCUT2D eigenvalue weighted by atomic mass is 31.2. The summed E-state index contributed by atoms with van der Waals surface area (Å²) in [6.45, 7) is 0. The molecule has 8 aromatic rings. The third kappa shape index (κ3) is 10.1. The average Bonchev–Trinajstić information content (AvgIpc) is 3.36. The first-order valence-corrected chi connectivity index (χ1v) is 27.6. The van der Waals surface area contributed by atoms with E-state index in [-0.39, 0.29) is 0 Å². The van der Waals surface area contributed by atoms with Gasteiger partial charge >= 0.3 is 0 Å². The number of benzene rings is 8. The molecule has 0 saturated heterocycles. The molecule has 1 nitrogen and oxygen atoms in total. The van der Waals surface area contributed by atoms with E-state index >= 15 is 0 Å². The zero-order chi connectivity index (χ0) is 41.8. The van der Waals surface area contributed by atoms with E-state index in [9.17, 15) is 0 Å². The van der Waals surface area contributed by atoms with Gasteiger partial charge in [0.15, 0.2) is 0 Å². The minimum absolute atomic E-state index is 0.418. The van der Waals surface area contributed by atoms with Crippen LogP contribution in [0.4, 0.5) is 0 Å². The predicted octanol–water partition coefficient (Wildman–Crippen LogP) is 12.3. The summed E-state index contributed by atoms with van der Waals surface area (Å²) in [5.74, 6) is 0.549. The fourth-order valence-electron chi connectivity index (χ4n) is 9.34. The second kappa shape index (κ2) is 21.7. The Hall–Kier alpha value is -4.56. The fourth-order valence-corrected chi connectivity index (χ4v) is 23.1. The van der Waals surface area contributed by atoms with Crippen LogP contribution in [0.3, 0.4) is 0 Å². The van der Waals surface area contributed by atoms with Gasteiger partial charge in [-0.2, -0.15) is 0 Å². The van der Waals surface area contributed by atoms with Gasteiger partial charge in [0.2, 0.25) is 0 Å². The van der Waals surface area contributed by atoms with Gasteiger partial charge in [-0.3, -0.25) is 0 Å². The Kier molecular flexibility index (Phi) is 14.9. The first-order chi connectivity index (χ1) is 30.8. The molecule has 0 aromatic heterocycles. The molecule has 62 heavy (non-hydrogen) atoms. The molecule has 0 N–H and O–H groups in total. The Morgan fingerprint density at radius 1 is 0.339 bits per heavy atom. The topological polar surface area (TPSA) is 3.24 Å². The maximum Gasteiger partial charge on any atom is 0.0325 e.